The number of hydrogen-bond acceptors (Lipinski definition) is 4. The van der Waals surface area contributed by atoms with E-state index in [4.69, 9.17) is 12.2 Å². The van der Waals surface area contributed by atoms with E-state index in [2.05, 4.69) is 23.8 Å². The number of thiocarbonyl (C=S) groups is 1. The molecule has 1 aliphatic heterocycles. The number of thioether (sulfide) groups is 1. The Labute approximate surface area is 137 Å². The van der Waals surface area contributed by atoms with E-state index < -0.39 is 0 Å². The predicted octanol–water partition coefficient (Wildman–Crippen LogP) is 3.11. The lowest BCUT2D eigenvalue weighted by atomic mass is 10.1. The minimum atomic E-state index is 0.452. The smallest absolute Gasteiger partial charge is 0.136 e. The largest absolute Gasteiger partial charge is 0.507 e. The average Bonchev–Trinajstić information content (AvgIpc) is 2.49. The molecule has 0 bridgehead atoms. The van der Waals surface area contributed by atoms with E-state index in [0.29, 0.717) is 5.75 Å². The Kier molecular flexibility index (Phi) is 6.33. The number of likely N-dealkylation sites (N-methyl/N-ethyl adjacent to an activating group) is 1. The number of phenols is 1. The maximum absolute atomic E-state index is 10.3. The van der Waals surface area contributed by atoms with E-state index in [0.717, 1.165) is 60.2 Å². The zero-order chi connectivity index (χ0) is 15.2. The standard InChI is InChI=1S/C16H24N2OS2/c1-3-5-13-6-4-7-14(15(13)19)12-21-16(20)18-10-8-17(2)9-11-18/h4,6-7,19H,3,5,8-12H2,1-2H3. The van der Waals surface area contributed by atoms with E-state index in [1.54, 1.807) is 11.8 Å². The van der Waals surface area contributed by atoms with Crippen molar-refractivity contribution in [3.8, 4) is 5.75 Å². The normalized spacial score (nSPS) is 16.2. The van der Waals surface area contributed by atoms with Crippen LogP contribution in [0.2, 0.25) is 0 Å². The molecule has 0 spiro atoms. The third kappa shape index (κ3) is 4.59. The highest BCUT2D eigenvalue weighted by Crippen LogP contribution is 2.28. The van der Waals surface area contributed by atoms with Crippen LogP contribution in [0.1, 0.15) is 24.5 Å². The van der Waals surface area contributed by atoms with Crippen LogP contribution >= 0.6 is 24.0 Å². The highest BCUT2D eigenvalue weighted by Gasteiger charge is 2.17. The molecule has 116 valence electrons. The molecule has 0 radical (unpaired) electrons. The molecule has 1 saturated heterocycles. The fourth-order valence-corrected chi connectivity index (χ4v) is 3.69. The molecule has 0 aromatic heterocycles. The van der Waals surface area contributed by atoms with Crippen LogP contribution in [-0.4, -0.2) is 52.5 Å². The fourth-order valence-electron chi connectivity index (χ4n) is 2.45. The number of nitrogens with zero attached hydrogens (tertiary/aromatic N) is 2. The molecule has 2 rings (SSSR count). The van der Waals surface area contributed by atoms with Gasteiger partial charge in [-0.2, -0.15) is 0 Å². The van der Waals surface area contributed by atoms with Crippen LogP contribution in [-0.2, 0) is 12.2 Å². The number of para-hydroxylation sites is 1. The topological polar surface area (TPSA) is 26.7 Å². The van der Waals surface area contributed by atoms with E-state index in [9.17, 15) is 5.11 Å². The van der Waals surface area contributed by atoms with Gasteiger partial charge in [0.05, 0.1) is 0 Å². The summed E-state index contributed by atoms with van der Waals surface area (Å²) >= 11 is 7.18. The third-order valence-corrected chi connectivity index (χ3v) is 5.41. The van der Waals surface area contributed by atoms with Gasteiger partial charge in [0.25, 0.3) is 0 Å². The van der Waals surface area contributed by atoms with Gasteiger partial charge in [0.2, 0.25) is 0 Å². The van der Waals surface area contributed by atoms with Gasteiger partial charge in [0, 0.05) is 37.5 Å². The van der Waals surface area contributed by atoms with E-state index in [1.165, 1.54) is 0 Å². The summed E-state index contributed by atoms with van der Waals surface area (Å²) in [7, 11) is 2.14. The molecule has 5 heteroatoms. The Morgan fingerprint density at radius 3 is 2.57 bits per heavy atom. The molecule has 0 atom stereocenters. The van der Waals surface area contributed by atoms with Crippen molar-refractivity contribution in [3.63, 3.8) is 0 Å². The van der Waals surface area contributed by atoms with Crippen LogP contribution in [0, 0.1) is 0 Å². The third-order valence-electron chi connectivity index (χ3n) is 3.84. The van der Waals surface area contributed by atoms with Crippen molar-refractivity contribution in [2.24, 2.45) is 0 Å². The average molecular weight is 325 g/mol. The SMILES string of the molecule is CCCc1cccc(CSC(=S)N2CCN(C)CC2)c1O. The van der Waals surface area contributed by atoms with Gasteiger partial charge in [-0.05, 0) is 19.0 Å². The van der Waals surface area contributed by atoms with Crippen molar-refractivity contribution in [3.05, 3.63) is 29.3 Å². The summed E-state index contributed by atoms with van der Waals surface area (Å²) < 4.78 is 0.948. The Bertz CT molecular complexity index is 485. The van der Waals surface area contributed by atoms with Gasteiger partial charge >= 0.3 is 0 Å². The fraction of sp³-hybridized carbons (Fsp3) is 0.562. The lowest BCUT2D eigenvalue weighted by Crippen LogP contribution is -2.45. The quantitative estimate of drug-likeness (QED) is 0.859. The molecular weight excluding hydrogens is 300 g/mol. The Morgan fingerprint density at radius 1 is 1.24 bits per heavy atom. The summed E-state index contributed by atoms with van der Waals surface area (Å²) in [6.07, 6.45) is 1.97. The van der Waals surface area contributed by atoms with Gasteiger partial charge in [-0.1, -0.05) is 55.5 Å². The van der Waals surface area contributed by atoms with Crippen molar-refractivity contribution in [2.75, 3.05) is 33.2 Å². The Morgan fingerprint density at radius 2 is 1.90 bits per heavy atom. The summed E-state index contributed by atoms with van der Waals surface area (Å²) in [6, 6.07) is 6.03. The first kappa shape index (κ1) is 16.6. The summed E-state index contributed by atoms with van der Waals surface area (Å²) in [5.74, 6) is 1.20. The number of aryl methyl sites for hydroxylation is 1. The van der Waals surface area contributed by atoms with Gasteiger partial charge < -0.3 is 14.9 Å². The summed E-state index contributed by atoms with van der Waals surface area (Å²) in [6.45, 7) is 6.27. The molecule has 0 unspecified atom stereocenters. The minimum absolute atomic E-state index is 0.452. The first-order valence-corrected chi connectivity index (χ1v) is 8.91. The first-order chi connectivity index (χ1) is 10.1. The van der Waals surface area contributed by atoms with Crippen LogP contribution in [0.15, 0.2) is 18.2 Å². The zero-order valence-corrected chi connectivity index (χ0v) is 14.5. The van der Waals surface area contributed by atoms with Crippen LogP contribution in [0.25, 0.3) is 0 Å². The lowest BCUT2D eigenvalue weighted by Gasteiger charge is -2.33. The molecule has 1 aromatic rings. The maximum atomic E-state index is 10.3. The molecular formula is C16H24N2OS2. The molecule has 1 aliphatic rings. The van der Waals surface area contributed by atoms with Gasteiger partial charge in [-0.15, -0.1) is 0 Å². The van der Waals surface area contributed by atoms with E-state index >= 15 is 0 Å². The van der Waals surface area contributed by atoms with Crippen LogP contribution < -0.4 is 0 Å². The highest BCUT2D eigenvalue weighted by atomic mass is 32.2. The van der Waals surface area contributed by atoms with E-state index in [-0.39, 0.29) is 0 Å². The number of aromatic hydroxyl groups is 1. The summed E-state index contributed by atoms with van der Waals surface area (Å²) in [5, 5.41) is 10.3. The molecule has 1 fully saturated rings. The second kappa shape index (κ2) is 8.01. The van der Waals surface area contributed by atoms with Crippen LogP contribution in [0.4, 0.5) is 0 Å². The van der Waals surface area contributed by atoms with Crippen molar-refractivity contribution in [1.29, 1.82) is 0 Å². The van der Waals surface area contributed by atoms with Gasteiger partial charge in [0.15, 0.2) is 0 Å². The number of benzene rings is 1. The molecule has 0 aliphatic carbocycles. The van der Waals surface area contributed by atoms with Crippen molar-refractivity contribution in [1.82, 2.24) is 9.80 Å². The number of rotatable bonds is 4. The monoisotopic (exact) mass is 324 g/mol. The molecule has 0 saturated carbocycles. The molecule has 0 amide bonds. The molecule has 1 N–H and O–H groups in total. The number of piperazine rings is 1. The number of phenolic OH excluding ortho intramolecular Hbond substituents is 1. The van der Waals surface area contributed by atoms with Crippen molar-refractivity contribution in [2.45, 2.75) is 25.5 Å². The summed E-state index contributed by atoms with van der Waals surface area (Å²) in [4.78, 5) is 4.59. The number of hydrogen-bond donors (Lipinski definition) is 1. The van der Waals surface area contributed by atoms with Crippen LogP contribution in [0.3, 0.4) is 0 Å². The van der Waals surface area contributed by atoms with Gasteiger partial charge in [-0.3, -0.25) is 0 Å². The molecule has 3 nitrogen and oxygen atoms in total. The molecule has 1 heterocycles. The molecule has 1 aromatic carbocycles. The first-order valence-electron chi connectivity index (χ1n) is 7.51. The lowest BCUT2D eigenvalue weighted by molar-refractivity contribution is 0.220. The van der Waals surface area contributed by atoms with Gasteiger partial charge in [0.1, 0.15) is 10.1 Å². The van der Waals surface area contributed by atoms with E-state index in [1.807, 2.05) is 18.2 Å². The minimum Gasteiger partial charge on any atom is -0.507 e. The predicted molar refractivity (Wildman–Crippen MR) is 95.1 cm³/mol. The highest BCUT2D eigenvalue weighted by molar-refractivity contribution is 8.22. The Balaban J connectivity index is 1.90. The second-order valence-electron chi connectivity index (χ2n) is 5.52. The van der Waals surface area contributed by atoms with Crippen LogP contribution in [0.5, 0.6) is 5.75 Å². The Hall–Kier alpha value is -0.780. The summed E-state index contributed by atoms with van der Waals surface area (Å²) in [5.41, 5.74) is 2.03. The van der Waals surface area contributed by atoms with Crippen molar-refractivity contribution >= 4 is 28.3 Å². The zero-order valence-electron chi connectivity index (χ0n) is 12.8. The van der Waals surface area contributed by atoms with Crippen molar-refractivity contribution < 1.29 is 5.11 Å². The maximum Gasteiger partial charge on any atom is 0.136 e. The van der Waals surface area contributed by atoms with Gasteiger partial charge in [-0.25, -0.2) is 0 Å². The molecule has 21 heavy (non-hydrogen) atoms. The second-order valence-corrected chi connectivity index (χ2v) is 7.13.